The van der Waals surface area contributed by atoms with Crippen LogP contribution in [-0.2, 0) is 17.6 Å². The van der Waals surface area contributed by atoms with E-state index in [-0.39, 0.29) is 24.2 Å². The molecule has 1 atom stereocenters. The van der Waals surface area contributed by atoms with E-state index in [1.807, 2.05) is 0 Å². The average molecular weight is 423 g/mol. The molecule has 4 rings (SSSR count). The van der Waals surface area contributed by atoms with Crippen molar-refractivity contribution in [2.24, 2.45) is 0 Å². The van der Waals surface area contributed by atoms with Gasteiger partial charge in [-0.1, -0.05) is 0 Å². The van der Waals surface area contributed by atoms with Crippen molar-refractivity contribution >= 4 is 5.91 Å². The zero-order valence-corrected chi connectivity index (χ0v) is 17.2. The Bertz CT molecular complexity index is 1090. The number of rotatable bonds is 7. The molecule has 7 nitrogen and oxygen atoms in total. The van der Waals surface area contributed by atoms with E-state index in [0.29, 0.717) is 41.5 Å². The van der Waals surface area contributed by atoms with Crippen molar-refractivity contribution in [1.82, 2.24) is 15.3 Å². The molecule has 0 saturated carbocycles. The SMILES string of the molecule is COc1ccc(OC)c(CC(=O)NC[C@H]2Cc3cc(F)cc(-c4cnccn4)c3O2)c1. The number of hydrogen-bond donors (Lipinski definition) is 1. The number of carbonyl (C=O) groups excluding carboxylic acids is 1. The first kappa shape index (κ1) is 20.6. The Labute approximate surface area is 179 Å². The lowest BCUT2D eigenvalue weighted by Gasteiger charge is -2.14. The van der Waals surface area contributed by atoms with Gasteiger partial charge in [0.05, 0.1) is 39.1 Å². The number of amides is 1. The number of hydrogen-bond acceptors (Lipinski definition) is 6. The minimum absolute atomic E-state index is 0.138. The molecule has 2 heterocycles. The summed E-state index contributed by atoms with van der Waals surface area (Å²) < 4.78 is 30.7. The van der Waals surface area contributed by atoms with Gasteiger partial charge in [-0.15, -0.1) is 0 Å². The topological polar surface area (TPSA) is 82.6 Å². The molecule has 31 heavy (non-hydrogen) atoms. The smallest absolute Gasteiger partial charge is 0.224 e. The first-order valence-electron chi connectivity index (χ1n) is 9.80. The molecular formula is C23H22FN3O4. The Morgan fingerprint density at radius 2 is 2.10 bits per heavy atom. The molecule has 1 aliphatic rings. The van der Waals surface area contributed by atoms with Crippen molar-refractivity contribution in [3.05, 3.63) is 65.9 Å². The number of nitrogens with zero attached hydrogens (tertiary/aromatic N) is 2. The Balaban J connectivity index is 1.42. The van der Waals surface area contributed by atoms with Gasteiger partial charge in [0.2, 0.25) is 5.91 Å². The van der Waals surface area contributed by atoms with Crippen LogP contribution in [0.5, 0.6) is 17.2 Å². The molecule has 1 N–H and O–H groups in total. The summed E-state index contributed by atoms with van der Waals surface area (Å²) in [7, 11) is 3.12. The molecule has 2 aromatic carbocycles. The number of ether oxygens (including phenoxy) is 3. The number of methoxy groups -OCH3 is 2. The minimum atomic E-state index is -0.363. The number of carbonyl (C=O) groups is 1. The van der Waals surface area contributed by atoms with E-state index in [4.69, 9.17) is 14.2 Å². The van der Waals surface area contributed by atoms with Gasteiger partial charge in [0.25, 0.3) is 0 Å². The van der Waals surface area contributed by atoms with Gasteiger partial charge in [-0.2, -0.15) is 0 Å². The highest BCUT2D eigenvalue weighted by Crippen LogP contribution is 2.38. The number of benzene rings is 2. The van der Waals surface area contributed by atoms with Crippen LogP contribution in [0.15, 0.2) is 48.9 Å². The monoisotopic (exact) mass is 423 g/mol. The summed E-state index contributed by atoms with van der Waals surface area (Å²) in [6.45, 7) is 0.293. The Morgan fingerprint density at radius 3 is 2.84 bits per heavy atom. The summed E-state index contributed by atoms with van der Waals surface area (Å²) in [5, 5.41) is 2.89. The van der Waals surface area contributed by atoms with Gasteiger partial charge < -0.3 is 19.5 Å². The van der Waals surface area contributed by atoms with Crippen LogP contribution in [0, 0.1) is 5.82 Å². The van der Waals surface area contributed by atoms with Crippen molar-refractivity contribution < 1.29 is 23.4 Å². The maximum Gasteiger partial charge on any atom is 0.224 e. The molecule has 1 aromatic heterocycles. The van der Waals surface area contributed by atoms with Gasteiger partial charge in [0.1, 0.15) is 29.2 Å². The molecular weight excluding hydrogens is 401 g/mol. The molecule has 1 aliphatic heterocycles. The fourth-order valence-electron chi connectivity index (χ4n) is 3.62. The number of halogens is 1. The molecule has 0 radical (unpaired) electrons. The summed E-state index contributed by atoms with van der Waals surface area (Å²) in [5.41, 5.74) is 2.56. The summed E-state index contributed by atoms with van der Waals surface area (Å²) >= 11 is 0. The van der Waals surface area contributed by atoms with Crippen LogP contribution in [0.2, 0.25) is 0 Å². The molecule has 0 aliphatic carbocycles. The molecule has 3 aromatic rings. The van der Waals surface area contributed by atoms with E-state index >= 15 is 0 Å². The molecule has 0 bridgehead atoms. The molecule has 8 heteroatoms. The number of nitrogens with one attached hydrogen (secondary N) is 1. The van der Waals surface area contributed by atoms with Gasteiger partial charge in [-0.3, -0.25) is 14.8 Å². The maximum atomic E-state index is 14.1. The van der Waals surface area contributed by atoms with Crippen LogP contribution in [0.25, 0.3) is 11.3 Å². The summed E-state index contributed by atoms with van der Waals surface area (Å²) in [6, 6.07) is 8.16. The highest BCUT2D eigenvalue weighted by molar-refractivity contribution is 5.79. The highest BCUT2D eigenvalue weighted by atomic mass is 19.1. The molecule has 1 amide bonds. The van der Waals surface area contributed by atoms with Crippen molar-refractivity contribution in [2.45, 2.75) is 18.9 Å². The minimum Gasteiger partial charge on any atom is -0.497 e. The van der Waals surface area contributed by atoms with E-state index in [2.05, 4.69) is 15.3 Å². The van der Waals surface area contributed by atoms with Crippen LogP contribution in [0.3, 0.4) is 0 Å². The molecule has 0 spiro atoms. The second-order valence-electron chi connectivity index (χ2n) is 7.13. The van der Waals surface area contributed by atoms with Gasteiger partial charge in [-0.05, 0) is 30.3 Å². The molecule has 0 unspecified atom stereocenters. The fourth-order valence-corrected chi connectivity index (χ4v) is 3.62. The van der Waals surface area contributed by atoms with Crippen LogP contribution >= 0.6 is 0 Å². The number of aromatic nitrogens is 2. The summed E-state index contributed by atoms with van der Waals surface area (Å²) in [6.07, 6.45) is 4.99. The molecule has 0 saturated heterocycles. The standard InChI is InChI=1S/C23H22FN3O4/c1-29-17-3-4-21(30-2)14(8-17)10-22(28)27-12-18-9-15-7-16(24)11-19(23(15)31-18)20-13-25-5-6-26-20/h3-8,11,13,18H,9-10,12H2,1-2H3,(H,27,28)/t18-/m1/s1. The Hall–Kier alpha value is -3.68. The third-order valence-corrected chi connectivity index (χ3v) is 5.07. The largest absolute Gasteiger partial charge is 0.497 e. The third-order valence-electron chi connectivity index (χ3n) is 5.07. The van der Waals surface area contributed by atoms with E-state index in [9.17, 15) is 9.18 Å². The van der Waals surface area contributed by atoms with Gasteiger partial charge in [0, 0.05) is 35.5 Å². The lowest BCUT2D eigenvalue weighted by atomic mass is 10.0. The second kappa shape index (κ2) is 8.99. The average Bonchev–Trinajstić information content (AvgIpc) is 3.20. The number of fused-ring (bicyclic) bond motifs is 1. The normalized spacial score (nSPS) is 14.5. The first-order valence-corrected chi connectivity index (χ1v) is 9.80. The van der Waals surface area contributed by atoms with Crippen LogP contribution in [0.1, 0.15) is 11.1 Å². The Morgan fingerprint density at radius 1 is 1.23 bits per heavy atom. The highest BCUT2D eigenvalue weighted by Gasteiger charge is 2.28. The van der Waals surface area contributed by atoms with Crippen molar-refractivity contribution in [3.63, 3.8) is 0 Å². The molecule has 0 fully saturated rings. The lowest BCUT2D eigenvalue weighted by Crippen LogP contribution is -2.35. The third kappa shape index (κ3) is 4.58. The zero-order chi connectivity index (χ0) is 21.8. The molecule has 160 valence electrons. The van der Waals surface area contributed by atoms with E-state index in [1.54, 1.807) is 51.0 Å². The van der Waals surface area contributed by atoms with E-state index in [0.717, 1.165) is 11.1 Å². The maximum absolute atomic E-state index is 14.1. The van der Waals surface area contributed by atoms with E-state index < -0.39 is 0 Å². The van der Waals surface area contributed by atoms with Gasteiger partial charge >= 0.3 is 0 Å². The first-order chi connectivity index (χ1) is 15.1. The zero-order valence-electron chi connectivity index (χ0n) is 17.2. The van der Waals surface area contributed by atoms with E-state index in [1.165, 1.54) is 12.1 Å². The van der Waals surface area contributed by atoms with Crippen molar-refractivity contribution in [1.29, 1.82) is 0 Å². The van der Waals surface area contributed by atoms with Gasteiger partial charge in [-0.25, -0.2) is 4.39 Å². The summed E-state index contributed by atoms with van der Waals surface area (Å²) in [4.78, 5) is 20.8. The fraction of sp³-hybridized carbons (Fsp3) is 0.261. The summed E-state index contributed by atoms with van der Waals surface area (Å²) in [5.74, 6) is 1.31. The second-order valence-corrected chi connectivity index (χ2v) is 7.13. The van der Waals surface area contributed by atoms with Crippen molar-refractivity contribution in [2.75, 3.05) is 20.8 Å². The van der Waals surface area contributed by atoms with Crippen molar-refractivity contribution in [3.8, 4) is 28.5 Å². The Kier molecular flexibility index (Phi) is 5.97. The van der Waals surface area contributed by atoms with Crippen LogP contribution in [0.4, 0.5) is 4.39 Å². The predicted molar refractivity (Wildman–Crippen MR) is 112 cm³/mol. The lowest BCUT2D eigenvalue weighted by molar-refractivity contribution is -0.120. The quantitative estimate of drug-likeness (QED) is 0.629. The van der Waals surface area contributed by atoms with Crippen LogP contribution in [-0.4, -0.2) is 42.7 Å². The van der Waals surface area contributed by atoms with Crippen LogP contribution < -0.4 is 19.5 Å². The predicted octanol–water partition coefficient (Wildman–Crippen LogP) is 2.96. The van der Waals surface area contributed by atoms with Gasteiger partial charge in [0.15, 0.2) is 0 Å².